The van der Waals surface area contributed by atoms with Crippen LogP contribution in [-0.2, 0) is 17.9 Å². The SMILES string of the molecule is O=C(CN1CCN(Cc2csc(-c3ccc(NC(=O)Nc4ccc(Cl)cc4)cc3)n2)CC1)N/N=C/c1cc(OCc2ccccc2)ccc1O. The number of nitrogens with one attached hydrogen (secondary N) is 3. The zero-order chi connectivity index (χ0) is 34.7. The van der Waals surface area contributed by atoms with E-state index in [0.29, 0.717) is 34.3 Å². The van der Waals surface area contributed by atoms with E-state index in [0.717, 1.165) is 54.6 Å². The van der Waals surface area contributed by atoms with E-state index in [-0.39, 0.29) is 24.2 Å². The number of piperazine rings is 1. The van der Waals surface area contributed by atoms with E-state index in [9.17, 15) is 14.7 Å². The summed E-state index contributed by atoms with van der Waals surface area (Å²) in [6.45, 7) is 4.47. The molecule has 1 fully saturated rings. The van der Waals surface area contributed by atoms with E-state index >= 15 is 0 Å². The fraction of sp³-hybridized carbons (Fsp3) is 0.189. The van der Waals surface area contributed by atoms with Crippen LogP contribution in [-0.4, -0.2) is 70.8 Å². The topological polar surface area (TPSA) is 131 Å². The van der Waals surface area contributed by atoms with Gasteiger partial charge in [0.2, 0.25) is 0 Å². The largest absolute Gasteiger partial charge is 0.507 e. The average Bonchev–Trinajstić information content (AvgIpc) is 3.59. The van der Waals surface area contributed by atoms with Crippen molar-refractivity contribution in [2.75, 3.05) is 43.4 Å². The van der Waals surface area contributed by atoms with Gasteiger partial charge in [-0.15, -0.1) is 11.3 Å². The third-order valence-corrected chi connectivity index (χ3v) is 9.09. The number of phenols is 1. The molecule has 256 valence electrons. The van der Waals surface area contributed by atoms with Gasteiger partial charge in [-0.3, -0.25) is 14.6 Å². The summed E-state index contributed by atoms with van der Waals surface area (Å²) in [5.74, 6) is 0.409. The molecular formula is C37H36ClN7O4S. The minimum atomic E-state index is -0.338. The van der Waals surface area contributed by atoms with Crippen molar-refractivity contribution < 1.29 is 19.4 Å². The highest BCUT2D eigenvalue weighted by atomic mass is 35.5. The van der Waals surface area contributed by atoms with Crippen molar-refractivity contribution in [2.45, 2.75) is 13.2 Å². The number of hydrazone groups is 1. The summed E-state index contributed by atoms with van der Waals surface area (Å²) in [5, 5.41) is 23.5. The van der Waals surface area contributed by atoms with E-state index in [2.05, 4.69) is 36.3 Å². The Morgan fingerprint density at radius 1 is 0.900 bits per heavy atom. The van der Waals surface area contributed by atoms with Gasteiger partial charge in [-0.05, 0) is 72.3 Å². The molecule has 0 atom stereocenters. The second-order valence-corrected chi connectivity index (χ2v) is 12.9. The van der Waals surface area contributed by atoms with Crippen molar-refractivity contribution in [3.63, 3.8) is 0 Å². The first-order chi connectivity index (χ1) is 24.4. The van der Waals surface area contributed by atoms with Crippen LogP contribution >= 0.6 is 22.9 Å². The highest BCUT2D eigenvalue weighted by Crippen LogP contribution is 2.26. The Labute approximate surface area is 299 Å². The molecule has 1 aliphatic heterocycles. The summed E-state index contributed by atoms with van der Waals surface area (Å²) in [6.07, 6.45) is 1.41. The van der Waals surface area contributed by atoms with E-state index in [1.165, 1.54) is 6.21 Å². The van der Waals surface area contributed by atoms with Crippen LogP contribution in [0.3, 0.4) is 0 Å². The fourth-order valence-electron chi connectivity index (χ4n) is 5.25. The first-order valence-corrected chi connectivity index (χ1v) is 17.3. The number of rotatable bonds is 12. The molecule has 0 aliphatic carbocycles. The second kappa shape index (κ2) is 16.9. The highest BCUT2D eigenvalue weighted by molar-refractivity contribution is 7.13. The van der Waals surface area contributed by atoms with Crippen molar-refractivity contribution in [3.05, 3.63) is 124 Å². The summed E-state index contributed by atoms with van der Waals surface area (Å²) < 4.78 is 5.82. The normalized spacial score (nSPS) is 13.6. The lowest BCUT2D eigenvalue weighted by Crippen LogP contribution is -2.48. The maximum absolute atomic E-state index is 12.6. The van der Waals surface area contributed by atoms with Gasteiger partial charge in [0.05, 0.1) is 18.5 Å². The quantitative estimate of drug-likeness (QED) is 0.0842. The van der Waals surface area contributed by atoms with Crippen LogP contribution in [0.25, 0.3) is 10.6 Å². The lowest BCUT2D eigenvalue weighted by molar-refractivity contribution is -0.122. The number of aromatic hydroxyl groups is 1. The molecule has 0 saturated carbocycles. The minimum absolute atomic E-state index is 0.0427. The number of phenolic OH excluding ortho intramolecular Hbond substituents is 1. The first kappa shape index (κ1) is 34.6. The number of hydrogen-bond donors (Lipinski definition) is 4. The van der Waals surface area contributed by atoms with Gasteiger partial charge in [0, 0.05) is 65.6 Å². The van der Waals surface area contributed by atoms with E-state index in [4.69, 9.17) is 21.3 Å². The number of anilines is 2. The Kier molecular flexibility index (Phi) is 11.7. The number of carbonyl (C=O) groups excluding carboxylic acids is 2. The molecule has 0 radical (unpaired) electrons. The van der Waals surface area contributed by atoms with Gasteiger partial charge in [0.1, 0.15) is 23.1 Å². The standard InChI is InChI=1S/C37H36ClN7O4S/c38-29-8-12-31(13-9-29)42-37(48)41-30-10-6-27(7-11-30)36-40-32(25-50-36)22-44-16-18-45(19-17-44)23-35(47)43-39-21-28-20-33(14-15-34(28)46)49-24-26-4-2-1-3-5-26/h1-15,20-21,25,46H,16-19,22-24H2,(H,43,47)(H2,41,42,48)/b39-21+. The van der Waals surface area contributed by atoms with Crippen molar-refractivity contribution >= 4 is 52.5 Å². The van der Waals surface area contributed by atoms with Gasteiger partial charge < -0.3 is 20.5 Å². The molecule has 13 heteroatoms. The first-order valence-electron chi connectivity index (χ1n) is 16.0. The molecule has 11 nitrogen and oxygen atoms in total. The summed E-state index contributed by atoms with van der Waals surface area (Å²) in [6, 6.07) is 28.9. The number of hydrogen-bond acceptors (Lipinski definition) is 9. The Morgan fingerprint density at radius 3 is 2.30 bits per heavy atom. The molecular weight excluding hydrogens is 674 g/mol. The lowest BCUT2D eigenvalue weighted by atomic mass is 10.2. The van der Waals surface area contributed by atoms with E-state index in [1.807, 2.05) is 54.6 Å². The molecule has 2 heterocycles. The zero-order valence-corrected chi connectivity index (χ0v) is 28.7. The van der Waals surface area contributed by atoms with Crippen LogP contribution in [0.4, 0.5) is 16.2 Å². The van der Waals surface area contributed by atoms with Crippen molar-refractivity contribution in [1.82, 2.24) is 20.2 Å². The summed E-state index contributed by atoms with van der Waals surface area (Å²) in [4.78, 5) is 34.2. The third kappa shape index (κ3) is 10.1. The predicted molar refractivity (Wildman–Crippen MR) is 198 cm³/mol. The van der Waals surface area contributed by atoms with Crippen molar-refractivity contribution in [2.24, 2.45) is 5.10 Å². The Bertz CT molecular complexity index is 1910. The molecule has 1 aromatic heterocycles. The zero-order valence-electron chi connectivity index (χ0n) is 27.1. The number of benzene rings is 4. The van der Waals surface area contributed by atoms with Gasteiger partial charge >= 0.3 is 6.03 Å². The average molecular weight is 710 g/mol. The highest BCUT2D eigenvalue weighted by Gasteiger charge is 2.20. The molecule has 0 bridgehead atoms. The summed E-state index contributed by atoms with van der Waals surface area (Å²) >= 11 is 7.49. The molecule has 3 amide bonds. The number of carbonyl (C=O) groups is 2. The maximum Gasteiger partial charge on any atom is 0.323 e. The second-order valence-electron chi connectivity index (χ2n) is 11.6. The number of urea groups is 1. The van der Waals surface area contributed by atoms with Gasteiger partial charge in [-0.1, -0.05) is 41.9 Å². The molecule has 0 spiro atoms. The Hall–Kier alpha value is -5.27. The number of halogens is 1. The number of thiazole rings is 1. The predicted octanol–water partition coefficient (Wildman–Crippen LogP) is 6.66. The number of aromatic nitrogens is 1. The van der Waals surface area contributed by atoms with Crippen LogP contribution < -0.4 is 20.8 Å². The molecule has 4 aromatic carbocycles. The smallest absolute Gasteiger partial charge is 0.323 e. The molecule has 5 aromatic rings. The molecule has 4 N–H and O–H groups in total. The van der Waals surface area contributed by atoms with Crippen LogP contribution in [0.1, 0.15) is 16.8 Å². The van der Waals surface area contributed by atoms with Gasteiger partial charge in [0.15, 0.2) is 0 Å². The number of nitrogens with zero attached hydrogens (tertiary/aromatic N) is 4. The monoisotopic (exact) mass is 709 g/mol. The van der Waals surface area contributed by atoms with E-state index < -0.39 is 0 Å². The van der Waals surface area contributed by atoms with Gasteiger partial charge in [0.25, 0.3) is 5.91 Å². The number of amides is 3. The molecule has 50 heavy (non-hydrogen) atoms. The van der Waals surface area contributed by atoms with Crippen molar-refractivity contribution in [1.29, 1.82) is 0 Å². The Morgan fingerprint density at radius 2 is 1.58 bits per heavy atom. The molecule has 1 aliphatic rings. The maximum atomic E-state index is 12.6. The Balaban J connectivity index is 0.907. The van der Waals surface area contributed by atoms with Crippen LogP contribution in [0.2, 0.25) is 5.02 Å². The van der Waals surface area contributed by atoms with Crippen molar-refractivity contribution in [3.8, 4) is 22.1 Å². The summed E-state index contributed by atoms with van der Waals surface area (Å²) in [7, 11) is 0. The van der Waals surface area contributed by atoms with Crippen LogP contribution in [0.15, 0.2) is 108 Å². The van der Waals surface area contributed by atoms with Gasteiger partial charge in [-0.2, -0.15) is 5.10 Å². The fourth-order valence-corrected chi connectivity index (χ4v) is 6.19. The van der Waals surface area contributed by atoms with Crippen LogP contribution in [0, 0.1) is 0 Å². The summed E-state index contributed by atoms with van der Waals surface area (Å²) in [5.41, 5.74) is 7.33. The van der Waals surface area contributed by atoms with E-state index in [1.54, 1.807) is 53.8 Å². The molecule has 6 rings (SSSR count). The third-order valence-electron chi connectivity index (χ3n) is 7.90. The van der Waals surface area contributed by atoms with Gasteiger partial charge in [-0.25, -0.2) is 15.2 Å². The number of ether oxygens (including phenoxy) is 1. The lowest BCUT2D eigenvalue weighted by Gasteiger charge is -2.33. The minimum Gasteiger partial charge on any atom is -0.507 e. The molecule has 0 unspecified atom stereocenters. The molecule has 1 saturated heterocycles. The van der Waals surface area contributed by atoms with Crippen LogP contribution in [0.5, 0.6) is 11.5 Å².